The molecule has 0 fully saturated rings. The lowest BCUT2D eigenvalue weighted by atomic mass is 10.1. The van der Waals surface area contributed by atoms with E-state index in [1.54, 1.807) is 33.8 Å². The zero-order valence-electron chi connectivity index (χ0n) is 10.2. The third kappa shape index (κ3) is 4.89. The molecule has 0 aliphatic rings. The third-order valence-electron chi connectivity index (χ3n) is 1.71. The summed E-state index contributed by atoms with van der Waals surface area (Å²) in [6.07, 6.45) is 1.37. The van der Waals surface area contributed by atoms with Crippen LogP contribution in [0.3, 0.4) is 0 Å². The van der Waals surface area contributed by atoms with E-state index in [9.17, 15) is 8.42 Å². The standard InChI is InChI=1S/C10H16ClN3O2S/c1-7-5-8(6-12-9(7)11)13-17(15,16)14-10(2,3)4/h5-6,13-14H,1-4H3. The highest BCUT2D eigenvalue weighted by molar-refractivity contribution is 7.90. The van der Waals surface area contributed by atoms with Crippen LogP contribution in [0.25, 0.3) is 0 Å². The number of rotatable bonds is 3. The fourth-order valence-corrected chi connectivity index (χ4v) is 2.58. The molecular weight excluding hydrogens is 262 g/mol. The SMILES string of the molecule is Cc1cc(NS(=O)(=O)NC(C)(C)C)cnc1Cl. The molecule has 0 atom stereocenters. The van der Waals surface area contributed by atoms with Crippen LogP contribution in [0.15, 0.2) is 12.3 Å². The van der Waals surface area contributed by atoms with Crippen molar-refractivity contribution in [2.24, 2.45) is 0 Å². The summed E-state index contributed by atoms with van der Waals surface area (Å²) in [7, 11) is -3.61. The van der Waals surface area contributed by atoms with E-state index in [-0.39, 0.29) is 0 Å². The van der Waals surface area contributed by atoms with Gasteiger partial charge in [-0.1, -0.05) is 11.6 Å². The lowest BCUT2D eigenvalue weighted by molar-refractivity contribution is 0.494. The van der Waals surface area contributed by atoms with E-state index in [0.717, 1.165) is 0 Å². The van der Waals surface area contributed by atoms with Crippen LogP contribution in [-0.4, -0.2) is 18.9 Å². The van der Waals surface area contributed by atoms with Gasteiger partial charge in [0.15, 0.2) is 0 Å². The van der Waals surface area contributed by atoms with E-state index in [1.165, 1.54) is 6.20 Å². The number of halogens is 1. The minimum Gasteiger partial charge on any atom is -0.270 e. The Bertz CT molecular complexity index is 509. The molecule has 96 valence electrons. The highest BCUT2D eigenvalue weighted by atomic mass is 35.5. The number of nitrogens with one attached hydrogen (secondary N) is 2. The summed E-state index contributed by atoms with van der Waals surface area (Å²) in [5.41, 5.74) is 0.548. The molecule has 0 aliphatic heterocycles. The van der Waals surface area contributed by atoms with Crippen LogP contribution in [0.1, 0.15) is 26.3 Å². The van der Waals surface area contributed by atoms with E-state index in [2.05, 4.69) is 14.4 Å². The molecule has 0 bridgehead atoms. The van der Waals surface area contributed by atoms with Crippen LogP contribution in [0.2, 0.25) is 5.15 Å². The van der Waals surface area contributed by atoms with Crippen molar-refractivity contribution in [3.63, 3.8) is 0 Å². The second-order valence-corrected chi connectivity index (χ2v) is 6.56. The van der Waals surface area contributed by atoms with Crippen molar-refractivity contribution >= 4 is 27.5 Å². The number of nitrogens with zero attached hydrogens (tertiary/aromatic N) is 1. The van der Waals surface area contributed by atoms with Crippen molar-refractivity contribution in [1.29, 1.82) is 0 Å². The van der Waals surface area contributed by atoms with Crippen LogP contribution in [0.4, 0.5) is 5.69 Å². The van der Waals surface area contributed by atoms with Crippen LogP contribution in [0.5, 0.6) is 0 Å². The van der Waals surface area contributed by atoms with Crippen LogP contribution in [0, 0.1) is 6.92 Å². The van der Waals surface area contributed by atoms with Crippen molar-refractivity contribution in [3.8, 4) is 0 Å². The second-order valence-electron chi connectivity index (χ2n) is 4.79. The van der Waals surface area contributed by atoms with Crippen molar-refractivity contribution in [3.05, 3.63) is 23.0 Å². The maximum Gasteiger partial charge on any atom is 0.299 e. The summed E-state index contributed by atoms with van der Waals surface area (Å²) in [5, 5.41) is 0.358. The average molecular weight is 278 g/mol. The van der Waals surface area contributed by atoms with E-state index < -0.39 is 15.7 Å². The lowest BCUT2D eigenvalue weighted by Crippen LogP contribution is -2.43. The number of anilines is 1. The predicted molar refractivity (Wildman–Crippen MR) is 69.4 cm³/mol. The molecule has 1 aromatic rings. The molecule has 0 unspecified atom stereocenters. The van der Waals surface area contributed by atoms with Gasteiger partial charge in [-0.15, -0.1) is 0 Å². The maximum absolute atomic E-state index is 11.7. The average Bonchev–Trinajstić information content (AvgIpc) is 2.06. The fourth-order valence-electron chi connectivity index (χ4n) is 1.20. The lowest BCUT2D eigenvalue weighted by Gasteiger charge is -2.20. The van der Waals surface area contributed by atoms with Crippen LogP contribution in [-0.2, 0) is 10.2 Å². The highest BCUT2D eigenvalue weighted by Gasteiger charge is 2.19. The molecule has 0 saturated heterocycles. The largest absolute Gasteiger partial charge is 0.299 e. The summed E-state index contributed by atoms with van der Waals surface area (Å²) >= 11 is 5.75. The van der Waals surface area contributed by atoms with E-state index in [0.29, 0.717) is 16.4 Å². The zero-order chi connectivity index (χ0) is 13.3. The minimum atomic E-state index is -3.61. The zero-order valence-corrected chi connectivity index (χ0v) is 11.8. The molecule has 0 spiro atoms. The Balaban J connectivity index is 2.87. The van der Waals surface area contributed by atoms with Gasteiger partial charge in [0.1, 0.15) is 5.15 Å². The summed E-state index contributed by atoms with van der Waals surface area (Å²) in [6.45, 7) is 7.04. The Hall–Kier alpha value is -0.850. The molecule has 7 heteroatoms. The van der Waals surface area contributed by atoms with E-state index in [4.69, 9.17) is 11.6 Å². The van der Waals surface area contributed by atoms with Gasteiger partial charge in [0, 0.05) is 5.54 Å². The molecule has 0 aliphatic carbocycles. The summed E-state index contributed by atoms with van der Waals surface area (Å²) in [4.78, 5) is 3.87. The topological polar surface area (TPSA) is 71.1 Å². The van der Waals surface area contributed by atoms with Crippen molar-refractivity contribution in [1.82, 2.24) is 9.71 Å². The first-order valence-corrected chi connectivity index (χ1v) is 6.89. The Labute approximate surface area is 107 Å². The summed E-state index contributed by atoms with van der Waals surface area (Å²) in [5.74, 6) is 0. The predicted octanol–water partition coefficient (Wildman–Crippen LogP) is 2.09. The number of hydrogen-bond donors (Lipinski definition) is 2. The Morgan fingerprint density at radius 2 is 1.94 bits per heavy atom. The fraction of sp³-hybridized carbons (Fsp3) is 0.500. The van der Waals surface area contributed by atoms with Gasteiger partial charge in [0.05, 0.1) is 11.9 Å². The Morgan fingerprint density at radius 3 is 2.41 bits per heavy atom. The molecule has 1 heterocycles. The minimum absolute atomic E-state index is 0.358. The van der Waals surface area contributed by atoms with Gasteiger partial charge in [-0.3, -0.25) is 4.72 Å². The molecule has 0 aromatic carbocycles. The molecular formula is C10H16ClN3O2S. The van der Waals surface area contributed by atoms with E-state index in [1.807, 2.05) is 0 Å². The Morgan fingerprint density at radius 1 is 1.35 bits per heavy atom. The first-order chi connectivity index (χ1) is 7.59. The number of hydrogen-bond acceptors (Lipinski definition) is 3. The first-order valence-electron chi connectivity index (χ1n) is 5.03. The normalized spacial score (nSPS) is 12.5. The van der Waals surface area contributed by atoms with Crippen LogP contribution >= 0.6 is 11.6 Å². The molecule has 2 N–H and O–H groups in total. The third-order valence-corrected chi connectivity index (χ3v) is 3.49. The highest BCUT2D eigenvalue weighted by Crippen LogP contribution is 2.17. The van der Waals surface area contributed by atoms with Gasteiger partial charge in [0.2, 0.25) is 0 Å². The number of pyridine rings is 1. The molecule has 17 heavy (non-hydrogen) atoms. The monoisotopic (exact) mass is 277 g/mol. The molecule has 0 radical (unpaired) electrons. The number of aryl methyl sites for hydroxylation is 1. The van der Waals surface area contributed by atoms with Crippen molar-refractivity contribution in [2.45, 2.75) is 33.2 Å². The van der Waals surface area contributed by atoms with Gasteiger partial charge in [-0.05, 0) is 39.3 Å². The van der Waals surface area contributed by atoms with E-state index >= 15 is 0 Å². The Kier molecular flexibility index (Phi) is 4.01. The van der Waals surface area contributed by atoms with Gasteiger partial charge < -0.3 is 0 Å². The van der Waals surface area contributed by atoms with Gasteiger partial charge in [-0.25, -0.2) is 4.98 Å². The maximum atomic E-state index is 11.7. The summed E-state index contributed by atoms with van der Waals surface area (Å²) < 4.78 is 28.3. The smallest absolute Gasteiger partial charge is 0.270 e. The molecule has 1 aromatic heterocycles. The molecule has 5 nitrogen and oxygen atoms in total. The van der Waals surface area contributed by atoms with Crippen LogP contribution < -0.4 is 9.44 Å². The van der Waals surface area contributed by atoms with Gasteiger partial charge in [0.25, 0.3) is 10.2 Å². The van der Waals surface area contributed by atoms with Crippen molar-refractivity contribution < 1.29 is 8.42 Å². The van der Waals surface area contributed by atoms with Gasteiger partial charge in [-0.2, -0.15) is 13.1 Å². The van der Waals surface area contributed by atoms with Crippen molar-refractivity contribution in [2.75, 3.05) is 4.72 Å². The van der Waals surface area contributed by atoms with Gasteiger partial charge >= 0.3 is 0 Å². The summed E-state index contributed by atoms with van der Waals surface area (Å²) in [6, 6.07) is 1.62. The molecule has 0 saturated carbocycles. The molecule has 1 rings (SSSR count). The quantitative estimate of drug-likeness (QED) is 0.831. The second kappa shape index (κ2) is 4.80. The first kappa shape index (κ1) is 14.2. The molecule has 0 amide bonds. The number of aromatic nitrogens is 1.